The van der Waals surface area contributed by atoms with Crippen LogP contribution in [0.25, 0.3) is 0 Å². The smallest absolute Gasteiger partial charge is 0.233 e. The van der Waals surface area contributed by atoms with Crippen molar-refractivity contribution < 1.29 is 14.3 Å². The highest BCUT2D eigenvalue weighted by Gasteiger charge is 2.08. The van der Waals surface area contributed by atoms with Crippen molar-refractivity contribution in [3.8, 4) is 11.5 Å². The van der Waals surface area contributed by atoms with E-state index in [1.54, 1.807) is 7.11 Å². The molecule has 0 saturated carbocycles. The van der Waals surface area contributed by atoms with Gasteiger partial charge in [-0.2, -0.15) is 0 Å². The van der Waals surface area contributed by atoms with Crippen LogP contribution in [0.1, 0.15) is 19.3 Å². The van der Waals surface area contributed by atoms with E-state index in [4.69, 9.17) is 15.3 Å². The van der Waals surface area contributed by atoms with Gasteiger partial charge in [0, 0.05) is 6.42 Å². The van der Waals surface area contributed by atoms with Crippen LogP contribution in [0.4, 0.5) is 0 Å². The van der Waals surface area contributed by atoms with Crippen molar-refractivity contribution in [1.29, 1.82) is 0 Å². The third-order valence-electron chi connectivity index (χ3n) is 2.42. The molecule has 1 aromatic carbocycles. The summed E-state index contributed by atoms with van der Waals surface area (Å²) in [6, 6.07) is 3.68. The largest absolute Gasteiger partial charge is 0.496 e. The predicted octanol–water partition coefficient (Wildman–Crippen LogP) is 2.76. The molecule has 0 aliphatic heterocycles. The van der Waals surface area contributed by atoms with Crippen molar-refractivity contribution in [2.75, 3.05) is 13.7 Å². The van der Waals surface area contributed by atoms with Crippen molar-refractivity contribution in [3.05, 3.63) is 21.1 Å². The molecule has 7 heteroatoms. The van der Waals surface area contributed by atoms with E-state index < -0.39 is 0 Å². The van der Waals surface area contributed by atoms with Gasteiger partial charge in [-0.3, -0.25) is 10.2 Å². The van der Waals surface area contributed by atoms with Crippen LogP contribution in [-0.4, -0.2) is 19.6 Å². The van der Waals surface area contributed by atoms with Gasteiger partial charge in [0.25, 0.3) is 0 Å². The molecule has 0 saturated heterocycles. The Hall–Kier alpha value is -0.790. The maximum Gasteiger partial charge on any atom is 0.233 e. The van der Waals surface area contributed by atoms with Gasteiger partial charge in [-0.1, -0.05) is 0 Å². The lowest BCUT2D eigenvalue weighted by Gasteiger charge is -2.11. The molecule has 0 bridgehead atoms. The van der Waals surface area contributed by atoms with E-state index in [0.29, 0.717) is 13.0 Å². The van der Waals surface area contributed by atoms with Crippen LogP contribution in [0.2, 0.25) is 0 Å². The molecular formula is C12H16Br2N2O3. The number of hydrogen-bond acceptors (Lipinski definition) is 4. The highest BCUT2D eigenvalue weighted by atomic mass is 79.9. The van der Waals surface area contributed by atoms with Crippen LogP contribution < -0.4 is 20.7 Å². The van der Waals surface area contributed by atoms with Crippen molar-refractivity contribution in [2.45, 2.75) is 19.3 Å². The Morgan fingerprint density at radius 2 is 1.89 bits per heavy atom. The average Bonchev–Trinajstić information content (AvgIpc) is 2.41. The first-order valence-corrected chi connectivity index (χ1v) is 7.32. The Labute approximate surface area is 129 Å². The molecule has 106 valence electrons. The molecular weight excluding hydrogens is 380 g/mol. The number of nitrogens with two attached hydrogens (primary N) is 1. The second-order valence-electron chi connectivity index (χ2n) is 3.79. The first-order chi connectivity index (χ1) is 9.08. The predicted molar refractivity (Wildman–Crippen MR) is 80.1 cm³/mol. The molecule has 0 radical (unpaired) electrons. The Morgan fingerprint density at radius 1 is 1.26 bits per heavy atom. The zero-order valence-electron chi connectivity index (χ0n) is 10.5. The van der Waals surface area contributed by atoms with E-state index in [2.05, 4.69) is 37.3 Å². The number of hydrogen-bond donors (Lipinski definition) is 2. The molecule has 1 rings (SSSR count). The van der Waals surface area contributed by atoms with Gasteiger partial charge in [0.2, 0.25) is 5.91 Å². The van der Waals surface area contributed by atoms with Crippen LogP contribution in [0.3, 0.4) is 0 Å². The minimum Gasteiger partial charge on any atom is -0.496 e. The lowest BCUT2D eigenvalue weighted by Crippen LogP contribution is -2.29. The number of methoxy groups -OCH3 is 1. The molecule has 0 aliphatic carbocycles. The maximum atomic E-state index is 10.9. The van der Waals surface area contributed by atoms with E-state index in [9.17, 15) is 4.79 Å². The van der Waals surface area contributed by atoms with Crippen molar-refractivity contribution in [1.82, 2.24) is 5.43 Å². The molecule has 0 unspecified atom stereocenters. The van der Waals surface area contributed by atoms with Gasteiger partial charge in [-0.15, -0.1) is 0 Å². The van der Waals surface area contributed by atoms with Gasteiger partial charge in [0.1, 0.15) is 11.5 Å². The zero-order valence-corrected chi connectivity index (χ0v) is 13.7. The first kappa shape index (κ1) is 16.3. The topological polar surface area (TPSA) is 73.6 Å². The summed E-state index contributed by atoms with van der Waals surface area (Å²) in [5.74, 6) is 6.30. The van der Waals surface area contributed by atoms with Gasteiger partial charge in [-0.25, -0.2) is 5.84 Å². The van der Waals surface area contributed by atoms with Crippen LogP contribution in [0.15, 0.2) is 21.1 Å². The minimum absolute atomic E-state index is 0.159. The summed E-state index contributed by atoms with van der Waals surface area (Å²) in [5.41, 5.74) is 2.10. The fourth-order valence-corrected chi connectivity index (χ4v) is 2.34. The number of amides is 1. The Bertz CT molecular complexity index is 441. The van der Waals surface area contributed by atoms with Gasteiger partial charge in [0.15, 0.2) is 0 Å². The van der Waals surface area contributed by atoms with E-state index in [-0.39, 0.29) is 5.91 Å². The molecule has 3 N–H and O–H groups in total. The molecule has 0 atom stereocenters. The van der Waals surface area contributed by atoms with E-state index >= 15 is 0 Å². The number of unbranched alkanes of at least 4 members (excludes halogenated alkanes) is 1. The van der Waals surface area contributed by atoms with Crippen LogP contribution in [0, 0.1) is 0 Å². The molecule has 0 fully saturated rings. The van der Waals surface area contributed by atoms with Gasteiger partial charge < -0.3 is 9.47 Å². The molecule has 5 nitrogen and oxygen atoms in total. The average molecular weight is 396 g/mol. The number of carbonyl (C=O) groups is 1. The number of nitrogens with one attached hydrogen (secondary N) is 1. The lowest BCUT2D eigenvalue weighted by molar-refractivity contribution is -0.121. The normalized spacial score (nSPS) is 10.1. The maximum absolute atomic E-state index is 10.9. The third-order valence-corrected chi connectivity index (χ3v) is 3.66. The van der Waals surface area contributed by atoms with Crippen molar-refractivity contribution in [2.24, 2.45) is 5.84 Å². The number of carbonyl (C=O) groups excluding carboxylic acids is 1. The highest BCUT2D eigenvalue weighted by Crippen LogP contribution is 2.36. The summed E-state index contributed by atoms with van der Waals surface area (Å²) in [7, 11) is 1.61. The van der Waals surface area contributed by atoms with Gasteiger partial charge in [-0.05, 0) is 56.8 Å². The fourth-order valence-electron chi connectivity index (χ4n) is 1.42. The SMILES string of the molecule is COc1cc(Br)c(OCCCCC(=O)NN)cc1Br. The molecule has 0 spiro atoms. The van der Waals surface area contributed by atoms with Crippen LogP contribution in [0.5, 0.6) is 11.5 Å². The molecule has 1 amide bonds. The van der Waals surface area contributed by atoms with E-state index in [1.165, 1.54) is 0 Å². The fraction of sp³-hybridized carbons (Fsp3) is 0.417. The van der Waals surface area contributed by atoms with Crippen LogP contribution >= 0.6 is 31.9 Å². The summed E-state index contributed by atoms with van der Waals surface area (Å²) in [6.07, 6.45) is 1.93. The number of ether oxygens (including phenoxy) is 2. The minimum atomic E-state index is -0.159. The number of halogens is 2. The first-order valence-electron chi connectivity index (χ1n) is 5.73. The number of rotatable bonds is 7. The molecule has 0 aliphatic rings. The number of hydrazine groups is 1. The monoisotopic (exact) mass is 394 g/mol. The van der Waals surface area contributed by atoms with Crippen molar-refractivity contribution >= 4 is 37.8 Å². The lowest BCUT2D eigenvalue weighted by atomic mass is 10.2. The third kappa shape index (κ3) is 5.38. The quantitative estimate of drug-likeness (QED) is 0.322. The summed E-state index contributed by atoms with van der Waals surface area (Å²) in [5, 5.41) is 0. The second-order valence-corrected chi connectivity index (χ2v) is 5.50. The standard InChI is InChI=1S/C12H16Br2N2O3/c1-18-10-6-9(14)11(7-8(10)13)19-5-3-2-4-12(17)16-15/h6-7H,2-5,15H2,1H3,(H,16,17). The Balaban J connectivity index is 2.41. The molecule has 0 aromatic heterocycles. The Kier molecular flexibility index (Phi) is 7.19. The molecule has 0 heterocycles. The zero-order chi connectivity index (χ0) is 14.3. The van der Waals surface area contributed by atoms with Gasteiger partial charge >= 0.3 is 0 Å². The van der Waals surface area contributed by atoms with Crippen molar-refractivity contribution in [3.63, 3.8) is 0 Å². The molecule has 19 heavy (non-hydrogen) atoms. The summed E-state index contributed by atoms with van der Waals surface area (Å²) < 4.78 is 12.5. The van der Waals surface area contributed by atoms with Gasteiger partial charge in [0.05, 0.1) is 22.7 Å². The molecule has 1 aromatic rings. The summed E-state index contributed by atoms with van der Waals surface area (Å²) >= 11 is 6.82. The van der Waals surface area contributed by atoms with E-state index in [1.807, 2.05) is 12.1 Å². The highest BCUT2D eigenvalue weighted by molar-refractivity contribution is 9.11. The summed E-state index contributed by atoms with van der Waals surface area (Å²) in [6.45, 7) is 0.537. The van der Waals surface area contributed by atoms with Crippen LogP contribution in [-0.2, 0) is 4.79 Å². The Morgan fingerprint density at radius 3 is 2.53 bits per heavy atom. The second kappa shape index (κ2) is 8.39. The summed E-state index contributed by atoms with van der Waals surface area (Å²) in [4.78, 5) is 10.9. The number of benzene rings is 1. The van der Waals surface area contributed by atoms with E-state index in [0.717, 1.165) is 33.3 Å².